The number of nitrogens with one attached hydrogen (secondary N) is 1. The number of nitrogens with zero attached hydrogens (tertiary/aromatic N) is 4. The van der Waals surface area contributed by atoms with Crippen molar-refractivity contribution in [2.75, 3.05) is 31.3 Å². The SMILES string of the molecule is Cc1noc(CCNC(=O)c2sc(N(C)C)nc2N)n1. The van der Waals surface area contributed by atoms with Crippen LogP contribution in [0.3, 0.4) is 0 Å². The highest BCUT2D eigenvalue weighted by molar-refractivity contribution is 7.18. The summed E-state index contributed by atoms with van der Waals surface area (Å²) in [5.74, 6) is 1.07. The van der Waals surface area contributed by atoms with Crippen molar-refractivity contribution >= 4 is 28.2 Å². The summed E-state index contributed by atoms with van der Waals surface area (Å²) in [6, 6.07) is 0. The molecule has 3 N–H and O–H groups in total. The van der Waals surface area contributed by atoms with Gasteiger partial charge in [-0.3, -0.25) is 4.79 Å². The maximum absolute atomic E-state index is 12.0. The number of hydrogen-bond donors (Lipinski definition) is 2. The number of nitrogens with two attached hydrogens (primary N) is 1. The molecule has 0 saturated carbocycles. The molecule has 0 aliphatic rings. The highest BCUT2D eigenvalue weighted by Gasteiger charge is 2.17. The second-order valence-corrected chi connectivity index (χ2v) is 5.32. The number of hydrogen-bond acceptors (Lipinski definition) is 8. The lowest BCUT2D eigenvalue weighted by Gasteiger charge is -2.05. The van der Waals surface area contributed by atoms with E-state index < -0.39 is 0 Å². The van der Waals surface area contributed by atoms with E-state index in [0.29, 0.717) is 34.7 Å². The smallest absolute Gasteiger partial charge is 0.265 e. The first-order valence-corrected chi connectivity index (χ1v) is 6.80. The van der Waals surface area contributed by atoms with E-state index in [-0.39, 0.29) is 11.7 Å². The van der Waals surface area contributed by atoms with Crippen molar-refractivity contribution in [3.05, 3.63) is 16.6 Å². The molecule has 0 bridgehead atoms. The normalized spacial score (nSPS) is 10.6. The maximum atomic E-state index is 12.0. The van der Waals surface area contributed by atoms with E-state index in [9.17, 15) is 4.79 Å². The third-order valence-corrected chi connectivity index (χ3v) is 3.66. The molecule has 1 amide bonds. The number of nitrogen functional groups attached to an aromatic ring is 1. The van der Waals surface area contributed by atoms with Crippen molar-refractivity contribution in [3.8, 4) is 0 Å². The van der Waals surface area contributed by atoms with E-state index in [4.69, 9.17) is 10.3 Å². The number of anilines is 2. The Labute approximate surface area is 120 Å². The number of amides is 1. The summed E-state index contributed by atoms with van der Waals surface area (Å²) in [5.41, 5.74) is 5.74. The van der Waals surface area contributed by atoms with Gasteiger partial charge in [-0.05, 0) is 6.92 Å². The first-order chi connectivity index (χ1) is 9.47. The molecule has 0 spiro atoms. The van der Waals surface area contributed by atoms with Crippen molar-refractivity contribution in [1.82, 2.24) is 20.4 Å². The first kappa shape index (κ1) is 14.3. The Morgan fingerprint density at radius 2 is 2.20 bits per heavy atom. The summed E-state index contributed by atoms with van der Waals surface area (Å²) >= 11 is 1.25. The minimum Gasteiger partial charge on any atom is -0.382 e. The first-order valence-electron chi connectivity index (χ1n) is 5.98. The van der Waals surface area contributed by atoms with Crippen LogP contribution in [0.15, 0.2) is 4.52 Å². The maximum Gasteiger partial charge on any atom is 0.265 e. The van der Waals surface area contributed by atoms with Gasteiger partial charge < -0.3 is 20.5 Å². The molecule has 9 heteroatoms. The van der Waals surface area contributed by atoms with Crippen LogP contribution < -0.4 is 16.0 Å². The number of rotatable bonds is 5. The van der Waals surface area contributed by atoms with Gasteiger partial charge in [0.05, 0.1) is 0 Å². The van der Waals surface area contributed by atoms with Gasteiger partial charge >= 0.3 is 0 Å². The van der Waals surface area contributed by atoms with Gasteiger partial charge in [-0.25, -0.2) is 4.98 Å². The molecule has 2 aromatic heterocycles. The lowest BCUT2D eigenvalue weighted by Crippen LogP contribution is -2.25. The lowest BCUT2D eigenvalue weighted by molar-refractivity contribution is 0.0958. The fourth-order valence-electron chi connectivity index (χ4n) is 1.48. The van der Waals surface area contributed by atoms with Crippen LogP contribution in [0, 0.1) is 6.92 Å². The summed E-state index contributed by atoms with van der Waals surface area (Å²) in [7, 11) is 3.69. The monoisotopic (exact) mass is 296 g/mol. The van der Waals surface area contributed by atoms with Crippen molar-refractivity contribution in [2.45, 2.75) is 13.3 Å². The minimum absolute atomic E-state index is 0.241. The summed E-state index contributed by atoms with van der Waals surface area (Å²) in [5, 5.41) is 7.13. The number of aryl methyl sites for hydroxylation is 1. The van der Waals surface area contributed by atoms with E-state index in [0.717, 1.165) is 0 Å². The summed E-state index contributed by atoms with van der Waals surface area (Å²) < 4.78 is 4.96. The van der Waals surface area contributed by atoms with Crippen molar-refractivity contribution in [3.63, 3.8) is 0 Å². The van der Waals surface area contributed by atoms with E-state index in [2.05, 4.69) is 20.4 Å². The van der Waals surface area contributed by atoms with Gasteiger partial charge in [0.25, 0.3) is 5.91 Å². The zero-order valence-corrected chi connectivity index (χ0v) is 12.3. The molecule has 0 unspecified atom stereocenters. The van der Waals surface area contributed by atoms with Crippen molar-refractivity contribution in [2.24, 2.45) is 0 Å². The van der Waals surface area contributed by atoms with Crippen LogP contribution in [0.4, 0.5) is 10.9 Å². The van der Waals surface area contributed by atoms with Crippen LogP contribution in [-0.2, 0) is 6.42 Å². The van der Waals surface area contributed by atoms with Crippen LogP contribution in [-0.4, -0.2) is 41.7 Å². The van der Waals surface area contributed by atoms with Gasteiger partial charge in [0, 0.05) is 27.1 Å². The average molecular weight is 296 g/mol. The van der Waals surface area contributed by atoms with E-state index >= 15 is 0 Å². The lowest BCUT2D eigenvalue weighted by atomic mass is 10.4. The van der Waals surface area contributed by atoms with Crippen molar-refractivity contribution in [1.29, 1.82) is 0 Å². The Hall–Kier alpha value is -2.16. The molecule has 0 aromatic carbocycles. The summed E-state index contributed by atoms with van der Waals surface area (Å²) in [4.78, 5) is 22.4. The van der Waals surface area contributed by atoms with Gasteiger partial charge in [0.2, 0.25) is 5.89 Å². The van der Waals surface area contributed by atoms with Gasteiger partial charge in [-0.15, -0.1) is 0 Å². The fraction of sp³-hybridized carbons (Fsp3) is 0.455. The molecule has 0 radical (unpaired) electrons. The third kappa shape index (κ3) is 3.23. The van der Waals surface area contributed by atoms with Crippen LogP contribution in [0.25, 0.3) is 0 Å². The molecule has 108 valence electrons. The zero-order chi connectivity index (χ0) is 14.7. The number of aromatic nitrogens is 3. The molecule has 0 aliphatic carbocycles. The third-order valence-electron chi connectivity index (χ3n) is 2.42. The minimum atomic E-state index is -0.246. The van der Waals surface area contributed by atoms with E-state index in [1.807, 2.05) is 14.1 Å². The molecule has 20 heavy (non-hydrogen) atoms. The van der Waals surface area contributed by atoms with Gasteiger partial charge in [-0.2, -0.15) is 4.98 Å². The second kappa shape index (κ2) is 5.87. The van der Waals surface area contributed by atoms with Crippen molar-refractivity contribution < 1.29 is 9.32 Å². The summed E-state index contributed by atoms with van der Waals surface area (Å²) in [6.45, 7) is 2.14. The van der Waals surface area contributed by atoms with Gasteiger partial charge in [0.1, 0.15) is 10.7 Å². The predicted octanol–water partition coefficient (Wildman–Crippen LogP) is 0.455. The molecular formula is C11H16N6O2S. The topological polar surface area (TPSA) is 110 Å². The quantitative estimate of drug-likeness (QED) is 0.824. The van der Waals surface area contributed by atoms with Crippen LogP contribution in [0.5, 0.6) is 0 Å². The van der Waals surface area contributed by atoms with Gasteiger partial charge in [-0.1, -0.05) is 16.5 Å². The average Bonchev–Trinajstić information content (AvgIpc) is 2.95. The molecule has 0 atom stereocenters. The summed E-state index contributed by atoms with van der Waals surface area (Å²) in [6.07, 6.45) is 0.478. The Balaban J connectivity index is 1.91. The Morgan fingerprint density at radius 1 is 1.45 bits per heavy atom. The molecule has 0 saturated heterocycles. The Morgan fingerprint density at radius 3 is 2.75 bits per heavy atom. The molecule has 8 nitrogen and oxygen atoms in total. The molecule has 2 aromatic rings. The molecule has 2 heterocycles. The Kier molecular flexibility index (Phi) is 4.18. The molecule has 0 aliphatic heterocycles. The Bertz CT molecular complexity index is 606. The number of carbonyl (C=O) groups is 1. The highest BCUT2D eigenvalue weighted by atomic mass is 32.1. The fourth-order valence-corrected chi connectivity index (χ4v) is 2.30. The largest absolute Gasteiger partial charge is 0.382 e. The molecule has 2 rings (SSSR count). The second-order valence-electron chi connectivity index (χ2n) is 4.35. The predicted molar refractivity (Wildman–Crippen MR) is 75.9 cm³/mol. The highest BCUT2D eigenvalue weighted by Crippen LogP contribution is 2.26. The van der Waals surface area contributed by atoms with Crippen LogP contribution >= 0.6 is 11.3 Å². The standard InChI is InChI=1S/C11H16N6O2S/c1-6-14-7(19-16-6)4-5-13-10(18)8-9(12)15-11(20-8)17(2)3/h4-5,12H2,1-3H3,(H,13,18). The zero-order valence-electron chi connectivity index (χ0n) is 11.5. The van der Waals surface area contributed by atoms with Crippen LogP contribution in [0.2, 0.25) is 0 Å². The van der Waals surface area contributed by atoms with Gasteiger partial charge in [0.15, 0.2) is 11.0 Å². The molecule has 0 fully saturated rings. The van der Waals surface area contributed by atoms with E-state index in [1.165, 1.54) is 11.3 Å². The number of thiazole rings is 1. The van der Waals surface area contributed by atoms with E-state index in [1.54, 1.807) is 11.8 Å². The molecular weight excluding hydrogens is 280 g/mol. The van der Waals surface area contributed by atoms with Crippen LogP contribution in [0.1, 0.15) is 21.4 Å². The number of carbonyl (C=O) groups excluding carboxylic acids is 1.